The van der Waals surface area contributed by atoms with Crippen LogP contribution in [-0.4, -0.2) is 96.7 Å². The second-order valence-electron chi connectivity index (χ2n) is 31.3. The summed E-state index contributed by atoms with van der Waals surface area (Å²) >= 11 is 0. The van der Waals surface area contributed by atoms with Crippen LogP contribution in [0.25, 0.3) is 0 Å². The Hall–Kier alpha value is -1.94. The van der Waals surface area contributed by atoms with Gasteiger partial charge in [-0.25, -0.2) is 9.13 Å². The number of carbonyl (C=O) groups is 4. The van der Waals surface area contributed by atoms with Gasteiger partial charge in [-0.05, 0) is 49.4 Å². The fraction of sp³-hybridized carbons (Fsp3) is 0.952. The lowest BCUT2D eigenvalue weighted by Gasteiger charge is -2.21. The number of hydrogen-bond donors (Lipinski definition) is 3. The van der Waals surface area contributed by atoms with E-state index in [0.29, 0.717) is 31.6 Å². The molecule has 0 aliphatic carbocycles. The molecule has 0 heterocycles. The fourth-order valence-electron chi connectivity index (χ4n) is 12.7. The minimum absolute atomic E-state index is 0.106. The van der Waals surface area contributed by atoms with Crippen LogP contribution in [0, 0.1) is 23.7 Å². The van der Waals surface area contributed by atoms with E-state index in [1.165, 1.54) is 225 Å². The van der Waals surface area contributed by atoms with Crippen LogP contribution in [-0.2, 0) is 65.4 Å². The molecule has 5 unspecified atom stereocenters. The van der Waals surface area contributed by atoms with Gasteiger partial charge in [-0.1, -0.05) is 376 Å². The minimum atomic E-state index is -4.96. The molecule has 0 aromatic rings. The summed E-state index contributed by atoms with van der Waals surface area (Å²) in [5, 5.41) is 10.7. The summed E-state index contributed by atoms with van der Waals surface area (Å²) in [7, 11) is -9.92. The number of phosphoric acid groups is 2. The molecule has 0 aromatic carbocycles. The van der Waals surface area contributed by atoms with E-state index in [1.807, 2.05) is 0 Å². The summed E-state index contributed by atoms with van der Waals surface area (Å²) in [5.41, 5.74) is 0. The molecule has 102 heavy (non-hydrogen) atoms. The van der Waals surface area contributed by atoms with E-state index in [2.05, 4.69) is 55.4 Å². The Labute approximate surface area is 626 Å². The van der Waals surface area contributed by atoms with Crippen molar-refractivity contribution in [1.82, 2.24) is 0 Å². The molecule has 0 spiro atoms. The number of phosphoric ester groups is 2. The average molecular weight is 1490 g/mol. The summed E-state index contributed by atoms with van der Waals surface area (Å²) in [5.74, 6) is 1.06. The van der Waals surface area contributed by atoms with E-state index in [9.17, 15) is 43.2 Å². The molecule has 606 valence electrons. The number of carbonyl (C=O) groups excluding carboxylic acids is 4. The van der Waals surface area contributed by atoms with E-state index in [4.69, 9.17) is 37.0 Å². The molecular weight excluding hydrogens is 1330 g/mol. The number of unbranched alkanes of at least 4 members (excludes halogenated alkanes) is 44. The van der Waals surface area contributed by atoms with Crippen molar-refractivity contribution in [2.45, 2.75) is 446 Å². The molecule has 0 bridgehead atoms. The van der Waals surface area contributed by atoms with Gasteiger partial charge in [-0.15, -0.1) is 0 Å². The summed E-state index contributed by atoms with van der Waals surface area (Å²) in [4.78, 5) is 73.1. The smallest absolute Gasteiger partial charge is 0.462 e. The van der Waals surface area contributed by atoms with Crippen molar-refractivity contribution in [3.63, 3.8) is 0 Å². The van der Waals surface area contributed by atoms with Crippen LogP contribution in [0.2, 0.25) is 0 Å². The maximum absolute atomic E-state index is 13.1. The first-order valence-corrected chi connectivity index (χ1v) is 45.8. The molecule has 0 radical (unpaired) electrons. The first-order valence-electron chi connectivity index (χ1n) is 42.8. The first-order chi connectivity index (χ1) is 49.2. The molecule has 0 rings (SSSR count). The maximum atomic E-state index is 13.1. The Bertz CT molecular complexity index is 1990. The van der Waals surface area contributed by atoms with Gasteiger partial charge < -0.3 is 33.8 Å². The van der Waals surface area contributed by atoms with E-state index < -0.39 is 97.5 Å². The Morgan fingerprint density at radius 3 is 0.696 bits per heavy atom. The van der Waals surface area contributed by atoms with Crippen LogP contribution in [0.1, 0.15) is 428 Å². The van der Waals surface area contributed by atoms with Crippen molar-refractivity contribution in [2.75, 3.05) is 39.6 Å². The lowest BCUT2D eigenvalue weighted by molar-refractivity contribution is -0.161. The Morgan fingerprint density at radius 2 is 0.471 bits per heavy atom. The molecule has 0 aromatic heterocycles. The molecular formula is C83H162O17P2. The third-order valence-electron chi connectivity index (χ3n) is 20.0. The summed E-state index contributed by atoms with van der Waals surface area (Å²) < 4.78 is 68.8. The average Bonchev–Trinajstić information content (AvgIpc) is 0.928. The van der Waals surface area contributed by atoms with Crippen LogP contribution in [0.4, 0.5) is 0 Å². The van der Waals surface area contributed by atoms with Gasteiger partial charge >= 0.3 is 39.5 Å². The Kier molecular flexibility index (Phi) is 70.6. The minimum Gasteiger partial charge on any atom is -0.462 e. The lowest BCUT2D eigenvalue weighted by atomic mass is 9.99. The molecule has 0 fully saturated rings. The molecule has 19 heteroatoms. The van der Waals surface area contributed by atoms with Gasteiger partial charge in [0.15, 0.2) is 12.2 Å². The van der Waals surface area contributed by atoms with Crippen LogP contribution < -0.4 is 0 Å². The van der Waals surface area contributed by atoms with Gasteiger partial charge in [0.05, 0.1) is 26.4 Å². The van der Waals surface area contributed by atoms with Crippen LogP contribution in [0.15, 0.2) is 0 Å². The second-order valence-corrected chi connectivity index (χ2v) is 34.2. The molecule has 0 amide bonds. The van der Waals surface area contributed by atoms with Gasteiger partial charge in [0.25, 0.3) is 0 Å². The van der Waals surface area contributed by atoms with Crippen LogP contribution in [0.5, 0.6) is 0 Å². The van der Waals surface area contributed by atoms with Crippen LogP contribution >= 0.6 is 15.6 Å². The highest BCUT2D eigenvalue weighted by Crippen LogP contribution is 2.45. The Morgan fingerprint density at radius 1 is 0.275 bits per heavy atom. The van der Waals surface area contributed by atoms with E-state index in [1.54, 1.807) is 0 Å². The van der Waals surface area contributed by atoms with Crippen molar-refractivity contribution in [3.8, 4) is 0 Å². The highest BCUT2D eigenvalue weighted by atomic mass is 31.2. The fourth-order valence-corrected chi connectivity index (χ4v) is 14.3. The topological polar surface area (TPSA) is 237 Å². The predicted octanol–water partition coefficient (Wildman–Crippen LogP) is 24.8. The van der Waals surface area contributed by atoms with E-state index in [-0.39, 0.29) is 25.7 Å². The number of ether oxygens (including phenoxy) is 4. The van der Waals surface area contributed by atoms with E-state index in [0.717, 1.165) is 114 Å². The number of esters is 4. The van der Waals surface area contributed by atoms with Crippen molar-refractivity contribution < 1.29 is 80.2 Å². The molecule has 0 aliphatic heterocycles. The van der Waals surface area contributed by atoms with Gasteiger partial charge in [0.1, 0.15) is 19.3 Å². The highest BCUT2D eigenvalue weighted by molar-refractivity contribution is 7.47. The molecule has 0 saturated heterocycles. The third-order valence-corrected chi connectivity index (χ3v) is 21.9. The molecule has 17 nitrogen and oxygen atoms in total. The van der Waals surface area contributed by atoms with Gasteiger partial charge in [-0.2, -0.15) is 0 Å². The summed E-state index contributed by atoms with van der Waals surface area (Å²) in [6, 6.07) is 0. The van der Waals surface area contributed by atoms with E-state index >= 15 is 0 Å². The van der Waals surface area contributed by atoms with Crippen molar-refractivity contribution in [3.05, 3.63) is 0 Å². The summed E-state index contributed by atoms with van der Waals surface area (Å²) in [6.45, 7) is 14.3. The first kappa shape index (κ1) is 100. The van der Waals surface area contributed by atoms with Gasteiger partial charge in [0.2, 0.25) is 0 Å². The number of hydrogen-bond acceptors (Lipinski definition) is 15. The second kappa shape index (κ2) is 72.0. The van der Waals surface area contributed by atoms with Crippen LogP contribution in [0.3, 0.4) is 0 Å². The zero-order chi connectivity index (χ0) is 75.3. The zero-order valence-electron chi connectivity index (χ0n) is 67.2. The van der Waals surface area contributed by atoms with Crippen molar-refractivity contribution >= 4 is 39.5 Å². The van der Waals surface area contributed by atoms with Crippen molar-refractivity contribution in [2.24, 2.45) is 23.7 Å². The monoisotopic (exact) mass is 1490 g/mol. The largest absolute Gasteiger partial charge is 0.472 e. The molecule has 7 atom stereocenters. The number of aliphatic hydroxyl groups excluding tert-OH is 1. The lowest BCUT2D eigenvalue weighted by Crippen LogP contribution is -2.30. The van der Waals surface area contributed by atoms with Crippen molar-refractivity contribution in [1.29, 1.82) is 0 Å². The number of rotatable bonds is 80. The standard InChI is InChI=1S/C83H162O17P2/c1-9-75(7)61-53-45-37-29-23-19-15-13-11-12-14-16-20-24-32-40-49-57-65-82(87)99-78(69-93-80(85)63-55-47-39-31-27-26-30-38-46-54-62-76(8)10-2)71-97-101(89,90)95-67-77(84)68-96-102(91,92)98-72-79(70-94-81(86)64-56-48-42-34-36-44-52-60-74(5)6)100-83(88)66-58-50-41-33-25-21-17-18-22-28-35-43-51-59-73(3)4/h73-79,84H,9-72H2,1-8H3,(H,89,90)(H,91,92)/t75?,76?,77?,78-,79-/m1/s1. The SMILES string of the molecule is CCC(C)CCCCCCCCCCCCCCCCCCCCC(=O)O[C@H](COC(=O)CCCCCCCCCCCCC(C)CC)COP(=O)(O)OCC(O)COP(=O)(O)OC[C@@H](COC(=O)CCCCCCCCCC(C)C)OC(=O)CCCCCCCCCCCCCCCC(C)C. The Balaban J connectivity index is 5.22. The molecule has 0 saturated carbocycles. The quantitative estimate of drug-likeness (QED) is 0.0222. The molecule has 3 N–H and O–H groups in total. The zero-order valence-corrected chi connectivity index (χ0v) is 69.0. The van der Waals surface area contributed by atoms with Gasteiger partial charge in [0, 0.05) is 25.7 Å². The maximum Gasteiger partial charge on any atom is 0.472 e. The third kappa shape index (κ3) is 73.6. The molecule has 0 aliphatic rings. The normalized spacial score (nSPS) is 14.5. The summed E-state index contributed by atoms with van der Waals surface area (Å²) in [6.07, 6.45) is 59.7. The highest BCUT2D eigenvalue weighted by Gasteiger charge is 2.30. The van der Waals surface area contributed by atoms with Gasteiger partial charge in [-0.3, -0.25) is 37.3 Å². The number of aliphatic hydroxyl groups is 1. The predicted molar refractivity (Wildman–Crippen MR) is 418 cm³/mol.